The Bertz CT molecular complexity index is 744. The first-order valence-corrected chi connectivity index (χ1v) is 9.62. The van der Waals surface area contributed by atoms with Crippen molar-refractivity contribution in [2.45, 2.75) is 32.1 Å². The van der Waals surface area contributed by atoms with E-state index in [2.05, 4.69) is 14.9 Å². The average molecular weight is 372 g/mol. The topological polar surface area (TPSA) is 71.7 Å². The van der Waals surface area contributed by atoms with Crippen LogP contribution in [-0.4, -0.2) is 66.0 Å². The van der Waals surface area contributed by atoms with Crippen molar-refractivity contribution in [1.29, 1.82) is 0 Å². The summed E-state index contributed by atoms with van der Waals surface area (Å²) in [5.41, 5.74) is 1.11. The van der Waals surface area contributed by atoms with Crippen LogP contribution in [0.15, 0.2) is 29.0 Å². The second-order valence-corrected chi connectivity index (χ2v) is 7.13. The Morgan fingerprint density at radius 2 is 2.07 bits per heavy atom. The van der Waals surface area contributed by atoms with Crippen molar-refractivity contribution in [3.63, 3.8) is 0 Å². The number of carbonyl (C=O) groups excluding carboxylic acids is 1. The molecule has 1 aliphatic rings. The van der Waals surface area contributed by atoms with Crippen LogP contribution in [0.1, 0.15) is 42.6 Å². The standard InChI is InChI=1S/C20H28N4O3/c1-23(2)10-7-12-24-11-5-3-4-6-13-26-18-14-16(8-9-21-18)19-22-17(15-27-19)20(24)25/h8-9,14-15H,3-7,10-13H2,1-2H3. The molecule has 0 saturated heterocycles. The van der Waals surface area contributed by atoms with Gasteiger partial charge in [0.05, 0.1) is 6.61 Å². The van der Waals surface area contributed by atoms with Crippen molar-refractivity contribution >= 4 is 5.91 Å². The highest BCUT2D eigenvalue weighted by Gasteiger charge is 2.20. The zero-order valence-electron chi connectivity index (χ0n) is 16.2. The summed E-state index contributed by atoms with van der Waals surface area (Å²) >= 11 is 0. The molecular formula is C20H28N4O3. The van der Waals surface area contributed by atoms with Crippen molar-refractivity contribution in [3.05, 3.63) is 30.3 Å². The van der Waals surface area contributed by atoms with Gasteiger partial charge in [0.15, 0.2) is 5.69 Å². The van der Waals surface area contributed by atoms with Gasteiger partial charge in [-0.3, -0.25) is 4.79 Å². The maximum absolute atomic E-state index is 13.0. The average Bonchev–Trinajstić information content (AvgIpc) is 3.15. The Balaban J connectivity index is 1.80. The minimum absolute atomic E-state index is 0.0656. The summed E-state index contributed by atoms with van der Waals surface area (Å²) in [6.45, 7) is 3.05. The summed E-state index contributed by atoms with van der Waals surface area (Å²) in [6.07, 6.45) is 8.15. The maximum atomic E-state index is 13.0. The summed E-state index contributed by atoms with van der Waals surface area (Å²) in [4.78, 5) is 25.6. The van der Waals surface area contributed by atoms with Gasteiger partial charge in [-0.25, -0.2) is 9.97 Å². The fraction of sp³-hybridized carbons (Fsp3) is 0.550. The molecule has 1 amide bonds. The Kier molecular flexibility index (Phi) is 6.81. The van der Waals surface area contributed by atoms with Gasteiger partial charge in [-0.05, 0) is 52.4 Å². The fourth-order valence-corrected chi connectivity index (χ4v) is 3.12. The van der Waals surface area contributed by atoms with Crippen molar-refractivity contribution in [3.8, 4) is 17.3 Å². The number of amides is 1. The van der Waals surface area contributed by atoms with Crippen LogP contribution in [0.3, 0.4) is 0 Å². The molecule has 2 aromatic heterocycles. The maximum Gasteiger partial charge on any atom is 0.275 e. The molecule has 0 N–H and O–H groups in total. The predicted octanol–water partition coefficient (Wildman–Crippen LogP) is 3.08. The molecule has 0 spiro atoms. The summed E-state index contributed by atoms with van der Waals surface area (Å²) in [5, 5.41) is 0. The minimum atomic E-state index is -0.0656. The number of aromatic nitrogens is 2. The molecule has 3 rings (SSSR count). The zero-order valence-corrected chi connectivity index (χ0v) is 16.2. The highest BCUT2D eigenvalue weighted by Crippen LogP contribution is 2.23. The number of fused-ring (bicyclic) bond motifs is 5. The number of pyridine rings is 1. The van der Waals surface area contributed by atoms with Gasteiger partial charge in [0.1, 0.15) is 6.26 Å². The van der Waals surface area contributed by atoms with Crippen molar-refractivity contribution in [2.24, 2.45) is 0 Å². The molecular weight excluding hydrogens is 344 g/mol. The summed E-state index contributed by atoms with van der Waals surface area (Å²) in [6, 6.07) is 3.61. The van der Waals surface area contributed by atoms with Crippen LogP contribution in [-0.2, 0) is 0 Å². The van der Waals surface area contributed by atoms with Crippen LogP contribution in [0.25, 0.3) is 11.5 Å². The number of hydrogen-bond acceptors (Lipinski definition) is 6. The van der Waals surface area contributed by atoms with Gasteiger partial charge < -0.3 is 19.0 Å². The molecule has 0 aromatic carbocycles. The third-order valence-electron chi connectivity index (χ3n) is 4.60. The molecule has 27 heavy (non-hydrogen) atoms. The largest absolute Gasteiger partial charge is 0.478 e. The summed E-state index contributed by atoms with van der Waals surface area (Å²) in [5.74, 6) is 0.900. The Labute approximate surface area is 160 Å². The van der Waals surface area contributed by atoms with Crippen molar-refractivity contribution in [1.82, 2.24) is 19.8 Å². The number of rotatable bonds is 4. The fourth-order valence-electron chi connectivity index (χ4n) is 3.12. The normalized spacial score (nSPS) is 16.0. The monoisotopic (exact) mass is 372 g/mol. The van der Waals surface area contributed by atoms with Crippen LogP contribution in [0.5, 0.6) is 5.88 Å². The van der Waals surface area contributed by atoms with Crippen molar-refractivity contribution in [2.75, 3.05) is 40.3 Å². The Morgan fingerprint density at radius 3 is 2.93 bits per heavy atom. The molecule has 0 saturated carbocycles. The quantitative estimate of drug-likeness (QED) is 0.821. The minimum Gasteiger partial charge on any atom is -0.478 e. The number of hydrogen-bond donors (Lipinski definition) is 0. The van der Waals surface area contributed by atoms with E-state index in [4.69, 9.17) is 9.15 Å². The molecule has 2 aromatic rings. The summed E-state index contributed by atoms with van der Waals surface area (Å²) < 4.78 is 11.3. The van der Waals surface area contributed by atoms with Crippen LogP contribution in [0, 0.1) is 0 Å². The van der Waals surface area contributed by atoms with E-state index in [9.17, 15) is 4.79 Å². The van der Waals surface area contributed by atoms with E-state index in [-0.39, 0.29) is 5.91 Å². The van der Waals surface area contributed by atoms with Gasteiger partial charge in [0.25, 0.3) is 5.91 Å². The van der Waals surface area contributed by atoms with E-state index < -0.39 is 0 Å². The molecule has 4 bridgehead atoms. The van der Waals surface area contributed by atoms with E-state index >= 15 is 0 Å². The smallest absolute Gasteiger partial charge is 0.275 e. The first kappa shape index (κ1) is 19.4. The lowest BCUT2D eigenvalue weighted by Crippen LogP contribution is -2.34. The molecule has 0 radical (unpaired) electrons. The Morgan fingerprint density at radius 1 is 1.22 bits per heavy atom. The molecule has 0 aliphatic carbocycles. The second-order valence-electron chi connectivity index (χ2n) is 7.13. The van der Waals surface area contributed by atoms with Gasteiger partial charge in [-0.1, -0.05) is 6.42 Å². The third kappa shape index (κ3) is 5.53. The van der Waals surface area contributed by atoms with Gasteiger partial charge >= 0.3 is 0 Å². The van der Waals surface area contributed by atoms with E-state index in [1.807, 2.05) is 19.0 Å². The molecule has 146 valence electrons. The first-order chi connectivity index (χ1) is 13.1. The van der Waals surface area contributed by atoms with Gasteiger partial charge in [0.2, 0.25) is 11.8 Å². The lowest BCUT2D eigenvalue weighted by atomic mass is 10.2. The molecule has 3 heterocycles. The van der Waals surface area contributed by atoms with Crippen molar-refractivity contribution < 1.29 is 13.9 Å². The summed E-state index contributed by atoms with van der Waals surface area (Å²) in [7, 11) is 4.09. The molecule has 0 unspecified atom stereocenters. The van der Waals surface area contributed by atoms with E-state index in [0.717, 1.165) is 57.3 Å². The molecule has 1 aliphatic heterocycles. The van der Waals surface area contributed by atoms with E-state index in [1.165, 1.54) is 6.26 Å². The SMILES string of the molecule is CN(C)CCCN1CCCCCCOc2cc(ccn2)-c2nc(co2)C1=O. The highest BCUT2D eigenvalue weighted by molar-refractivity contribution is 5.92. The zero-order chi connectivity index (χ0) is 19.1. The second kappa shape index (κ2) is 9.50. The lowest BCUT2D eigenvalue weighted by Gasteiger charge is -2.22. The van der Waals surface area contributed by atoms with Crippen LogP contribution >= 0.6 is 0 Å². The number of nitrogens with zero attached hydrogens (tertiary/aromatic N) is 4. The van der Waals surface area contributed by atoms with Crippen LogP contribution in [0.2, 0.25) is 0 Å². The third-order valence-corrected chi connectivity index (χ3v) is 4.60. The van der Waals surface area contributed by atoms with Gasteiger partial charge in [-0.15, -0.1) is 0 Å². The molecule has 7 nitrogen and oxygen atoms in total. The van der Waals surface area contributed by atoms with Crippen LogP contribution in [0.4, 0.5) is 0 Å². The lowest BCUT2D eigenvalue weighted by molar-refractivity contribution is 0.0741. The van der Waals surface area contributed by atoms with E-state index in [1.54, 1.807) is 18.3 Å². The molecule has 0 fully saturated rings. The number of oxazole rings is 1. The van der Waals surface area contributed by atoms with Gasteiger partial charge in [0, 0.05) is 30.9 Å². The first-order valence-electron chi connectivity index (χ1n) is 9.62. The molecule has 0 atom stereocenters. The number of carbonyl (C=O) groups is 1. The molecule has 7 heteroatoms. The predicted molar refractivity (Wildman–Crippen MR) is 103 cm³/mol. The Hall–Kier alpha value is -2.41. The highest BCUT2D eigenvalue weighted by atomic mass is 16.5. The van der Waals surface area contributed by atoms with Gasteiger partial charge in [-0.2, -0.15) is 0 Å². The van der Waals surface area contributed by atoms with Crippen LogP contribution < -0.4 is 4.74 Å². The number of ether oxygens (including phenoxy) is 1. The van der Waals surface area contributed by atoms with E-state index in [0.29, 0.717) is 24.1 Å².